The van der Waals surface area contributed by atoms with Crippen LogP contribution in [0.2, 0.25) is 0 Å². The fraction of sp³-hybridized carbons (Fsp3) is 0.222. The largest absolute Gasteiger partial charge is 0.465 e. The Balaban J connectivity index is 3.20. The van der Waals surface area contributed by atoms with Crippen molar-refractivity contribution in [3.63, 3.8) is 0 Å². The summed E-state index contributed by atoms with van der Waals surface area (Å²) in [6.07, 6.45) is 0. The smallest absolute Gasteiger partial charge is 0.338 e. The van der Waals surface area contributed by atoms with Crippen LogP contribution in [0.15, 0.2) is 12.1 Å². The summed E-state index contributed by atoms with van der Waals surface area (Å²) in [4.78, 5) is 10.9. The van der Waals surface area contributed by atoms with E-state index in [9.17, 15) is 13.6 Å². The first-order chi connectivity index (χ1) is 6.06. The molecule has 0 aliphatic heterocycles. The second-order valence-corrected chi connectivity index (χ2v) is 2.56. The third-order valence-corrected chi connectivity index (χ3v) is 1.70. The van der Waals surface area contributed by atoms with Crippen molar-refractivity contribution >= 4 is 5.97 Å². The maximum absolute atomic E-state index is 12.9. The lowest BCUT2D eigenvalue weighted by Crippen LogP contribution is -2.03. The van der Waals surface area contributed by atoms with Gasteiger partial charge >= 0.3 is 5.97 Å². The normalized spacial score (nSPS) is 9.85. The topological polar surface area (TPSA) is 26.3 Å². The van der Waals surface area contributed by atoms with E-state index in [0.29, 0.717) is 0 Å². The first-order valence-corrected chi connectivity index (χ1v) is 3.60. The molecule has 0 saturated heterocycles. The minimum absolute atomic E-state index is 0.104. The maximum Gasteiger partial charge on any atom is 0.338 e. The first-order valence-electron chi connectivity index (χ1n) is 3.60. The van der Waals surface area contributed by atoms with Gasteiger partial charge in [0.05, 0.1) is 12.7 Å². The Kier molecular flexibility index (Phi) is 2.60. The highest BCUT2D eigenvalue weighted by atomic mass is 19.1. The fourth-order valence-electron chi connectivity index (χ4n) is 0.881. The summed E-state index contributed by atoms with van der Waals surface area (Å²) in [5.41, 5.74) is -0.226. The van der Waals surface area contributed by atoms with Crippen LogP contribution in [0.5, 0.6) is 0 Å². The van der Waals surface area contributed by atoms with E-state index in [1.54, 1.807) is 0 Å². The van der Waals surface area contributed by atoms with Crippen LogP contribution in [0.3, 0.4) is 0 Å². The number of ether oxygens (including phenoxy) is 1. The molecule has 0 spiro atoms. The molecule has 0 heterocycles. The van der Waals surface area contributed by atoms with Crippen molar-refractivity contribution in [2.75, 3.05) is 7.11 Å². The van der Waals surface area contributed by atoms with Crippen LogP contribution in [0.4, 0.5) is 8.78 Å². The van der Waals surface area contributed by atoms with E-state index < -0.39 is 17.6 Å². The molecule has 0 aliphatic carbocycles. The van der Waals surface area contributed by atoms with Gasteiger partial charge in [0.15, 0.2) is 0 Å². The lowest BCUT2D eigenvalue weighted by atomic mass is 10.1. The molecule has 2 nitrogen and oxygen atoms in total. The summed E-state index contributed by atoms with van der Waals surface area (Å²) in [5, 5.41) is 0. The van der Waals surface area contributed by atoms with E-state index in [2.05, 4.69) is 4.74 Å². The van der Waals surface area contributed by atoms with Gasteiger partial charge in [-0.15, -0.1) is 0 Å². The second kappa shape index (κ2) is 3.51. The van der Waals surface area contributed by atoms with Gasteiger partial charge in [-0.25, -0.2) is 13.6 Å². The second-order valence-electron chi connectivity index (χ2n) is 2.56. The van der Waals surface area contributed by atoms with Gasteiger partial charge in [-0.2, -0.15) is 0 Å². The highest BCUT2D eigenvalue weighted by molar-refractivity contribution is 5.89. The fourth-order valence-corrected chi connectivity index (χ4v) is 0.881. The Hall–Kier alpha value is -1.45. The quantitative estimate of drug-likeness (QED) is 0.627. The van der Waals surface area contributed by atoms with Crippen molar-refractivity contribution in [3.8, 4) is 0 Å². The molecule has 0 N–H and O–H groups in total. The van der Waals surface area contributed by atoms with Gasteiger partial charge in [-0.1, -0.05) is 0 Å². The monoisotopic (exact) mass is 186 g/mol. The molecule has 0 radical (unpaired) electrons. The minimum atomic E-state index is -0.752. The predicted octanol–water partition coefficient (Wildman–Crippen LogP) is 2.06. The molecule has 0 aromatic heterocycles. The number of hydrogen-bond acceptors (Lipinski definition) is 2. The van der Waals surface area contributed by atoms with E-state index in [1.807, 2.05) is 0 Å². The lowest BCUT2D eigenvalue weighted by Gasteiger charge is -2.02. The molecule has 1 aromatic rings. The Morgan fingerprint density at radius 1 is 1.31 bits per heavy atom. The number of methoxy groups -OCH3 is 1. The Morgan fingerprint density at radius 2 is 1.77 bits per heavy atom. The van der Waals surface area contributed by atoms with Crippen LogP contribution < -0.4 is 0 Å². The van der Waals surface area contributed by atoms with Crippen LogP contribution in [0.25, 0.3) is 0 Å². The van der Waals surface area contributed by atoms with Crippen molar-refractivity contribution in [2.24, 2.45) is 0 Å². The standard InChI is InChI=1S/C9H8F2O2/c1-5-7(10)3-6(4-8(5)11)9(12)13-2/h3-4H,1-2H3. The Bertz CT molecular complexity index is 324. The lowest BCUT2D eigenvalue weighted by molar-refractivity contribution is 0.0599. The summed E-state index contributed by atoms with van der Waals surface area (Å²) < 4.78 is 30.1. The summed E-state index contributed by atoms with van der Waals surface area (Å²) in [7, 11) is 1.15. The van der Waals surface area contributed by atoms with Gasteiger partial charge in [-0.05, 0) is 19.1 Å². The van der Waals surface area contributed by atoms with Gasteiger partial charge in [-0.3, -0.25) is 0 Å². The molecule has 0 atom stereocenters. The summed E-state index contributed by atoms with van der Waals surface area (Å²) in [6, 6.07) is 1.90. The summed E-state index contributed by atoms with van der Waals surface area (Å²) in [6.45, 7) is 1.30. The zero-order valence-electron chi connectivity index (χ0n) is 7.23. The molecule has 0 unspecified atom stereocenters. The van der Waals surface area contributed by atoms with Gasteiger partial charge in [0.2, 0.25) is 0 Å². The molecule has 4 heteroatoms. The van der Waals surface area contributed by atoms with E-state index in [0.717, 1.165) is 19.2 Å². The van der Waals surface area contributed by atoms with E-state index in [4.69, 9.17) is 0 Å². The zero-order chi connectivity index (χ0) is 10.0. The van der Waals surface area contributed by atoms with E-state index in [1.165, 1.54) is 6.92 Å². The van der Waals surface area contributed by atoms with Crippen LogP contribution in [-0.2, 0) is 4.74 Å². The number of rotatable bonds is 1. The van der Waals surface area contributed by atoms with Crippen LogP contribution in [0.1, 0.15) is 15.9 Å². The predicted molar refractivity (Wildman–Crippen MR) is 42.4 cm³/mol. The van der Waals surface area contributed by atoms with E-state index >= 15 is 0 Å². The third kappa shape index (κ3) is 1.83. The highest BCUT2D eigenvalue weighted by Crippen LogP contribution is 2.14. The molecule has 0 aliphatic rings. The molecule has 0 fully saturated rings. The minimum Gasteiger partial charge on any atom is -0.465 e. The van der Waals surface area contributed by atoms with Gasteiger partial charge in [0, 0.05) is 5.56 Å². The average Bonchev–Trinajstić information content (AvgIpc) is 2.12. The number of carbonyl (C=O) groups is 1. The van der Waals surface area contributed by atoms with Crippen LogP contribution in [0, 0.1) is 18.6 Å². The van der Waals surface area contributed by atoms with Crippen LogP contribution in [-0.4, -0.2) is 13.1 Å². The highest BCUT2D eigenvalue weighted by Gasteiger charge is 2.12. The SMILES string of the molecule is COC(=O)c1cc(F)c(C)c(F)c1. The van der Waals surface area contributed by atoms with Crippen LogP contribution >= 0.6 is 0 Å². The van der Waals surface area contributed by atoms with Crippen molar-refractivity contribution in [3.05, 3.63) is 34.9 Å². The molecule has 1 aromatic carbocycles. The summed E-state index contributed by atoms with van der Waals surface area (Å²) >= 11 is 0. The zero-order valence-corrected chi connectivity index (χ0v) is 7.23. The Labute approximate surface area is 74.1 Å². The number of carbonyl (C=O) groups excluding carboxylic acids is 1. The van der Waals surface area contributed by atoms with Crippen molar-refractivity contribution in [1.29, 1.82) is 0 Å². The molecular formula is C9H8F2O2. The first kappa shape index (κ1) is 9.64. The van der Waals surface area contributed by atoms with Gasteiger partial charge in [0.1, 0.15) is 11.6 Å². The van der Waals surface area contributed by atoms with E-state index in [-0.39, 0.29) is 11.1 Å². The van der Waals surface area contributed by atoms with Crippen molar-refractivity contribution in [2.45, 2.75) is 6.92 Å². The van der Waals surface area contributed by atoms with Gasteiger partial charge in [0.25, 0.3) is 0 Å². The number of esters is 1. The number of halogens is 2. The maximum atomic E-state index is 12.9. The molecule has 1 rings (SSSR count). The number of hydrogen-bond donors (Lipinski definition) is 0. The summed E-state index contributed by atoms with van der Waals surface area (Å²) in [5.74, 6) is -2.25. The molecule has 0 bridgehead atoms. The third-order valence-electron chi connectivity index (χ3n) is 1.70. The molecule has 13 heavy (non-hydrogen) atoms. The van der Waals surface area contributed by atoms with Crippen molar-refractivity contribution in [1.82, 2.24) is 0 Å². The molecular weight excluding hydrogens is 178 g/mol. The average molecular weight is 186 g/mol. The number of benzene rings is 1. The molecule has 0 amide bonds. The van der Waals surface area contributed by atoms with Gasteiger partial charge < -0.3 is 4.74 Å². The molecule has 0 saturated carbocycles. The van der Waals surface area contributed by atoms with Crippen molar-refractivity contribution < 1.29 is 18.3 Å². The molecule has 70 valence electrons. The Morgan fingerprint density at radius 3 is 2.15 bits per heavy atom.